The van der Waals surface area contributed by atoms with Crippen molar-refractivity contribution in [1.82, 2.24) is 4.90 Å². The van der Waals surface area contributed by atoms with Crippen molar-refractivity contribution in [1.29, 1.82) is 0 Å². The zero-order valence-corrected chi connectivity index (χ0v) is 12.0. The SMILES string of the molecule is CCN(CC)C(=O)C(C)Nc1cc(C)c(F)cc1N. The Bertz CT molecular complexity index is 458. The zero-order chi connectivity index (χ0) is 14.6. The molecular weight excluding hydrogens is 245 g/mol. The first-order chi connectivity index (χ1) is 8.90. The van der Waals surface area contributed by atoms with Gasteiger partial charge in [-0.3, -0.25) is 4.79 Å². The van der Waals surface area contributed by atoms with Crippen LogP contribution < -0.4 is 11.1 Å². The number of anilines is 2. The molecule has 0 aliphatic heterocycles. The fourth-order valence-electron chi connectivity index (χ4n) is 1.93. The van der Waals surface area contributed by atoms with Crippen molar-refractivity contribution in [3.63, 3.8) is 0 Å². The molecule has 1 aromatic rings. The van der Waals surface area contributed by atoms with Crippen LogP contribution in [0.5, 0.6) is 0 Å². The van der Waals surface area contributed by atoms with Crippen molar-refractivity contribution in [3.05, 3.63) is 23.5 Å². The molecule has 0 fully saturated rings. The number of benzene rings is 1. The molecule has 3 N–H and O–H groups in total. The summed E-state index contributed by atoms with van der Waals surface area (Å²) >= 11 is 0. The monoisotopic (exact) mass is 267 g/mol. The Kier molecular flexibility index (Phi) is 5.15. The number of amides is 1. The van der Waals surface area contributed by atoms with Crippen LogP contribution in [0.25, 0.3) is 0 Å². The van der Waals surface area contributed by atoms with E-state index in [1.807, 2.05) is 13.8 Å². The van der Waals surface area contributed by atoms with Crippen LogP contribution in [0.15, 0.2) is 12.1 Å². The minimum Gasteiger partial charge on any atom is -0.397 e. The Morgan fingerprint density at radius 1 is 1.42 bits per heavy atom. The second-order valence-electron chi connectivity index (χ2n) is 4.57. The van der Waals surface area contributed by atoms with Crippen molar-refractivity contribution >= 4 is 17.3 Å². The van der Waals surface area contributed by atoms with Crippen LogP contribution in [-0.4, -0.2) is 29.9 Å². The second kappa shape index (κ2) is 6.41. The molecule has 0 aromatic heterocycles. The summed E-state index contributed by atoms with van der Waals surface area (Å²) < 4.78 is 13.3. The summed E-state index contributed by atoms with van der Waals surface area (Å²) in [6, 6.07) is 2.50. The predicted molar refractivity (Wildman–Crippen MR) is 76.6 cm³/mol. The fraction of sp³-hybridized carbons (Fsp3) is 0.500. The Labute approximate surface area is 113 Å². The van der Waals surface area contributed by atoms with Crippen LogP contribution in [0, 0.1) is 12.7 Å². The van der Waals surface area contributed by atoms with E-state index in [2.05, 4.69) is 5.32 Å². The van der Waals surface area contributed by atoms with Gasteiger partial charge in [0.15, 0.2) is 0 Å². The molecule has 0 saturated heterocycles. The van der Waals surface area contributed by atoms with Crippen LogP contribution in [0.3, 0.4) is 0 Å². The van der Waals surface area contributed by atoms with Gasteiger partial charge in [0.25, 0.3) is 0 Å². The van der Waals surface area contributed by atoms with Crippen LogP contribution >= 0.6 is 0 Å². The lowest BCUT2D eigenvalue weighted by Crippen LogP contribution is -2.41. The Balaban J connectivity index is 2.85. The number of hydrogen-bond acceptors (Lipinski definition) is 3. The molecule has 19 heavy (non-hydrogen) atoms. The van der Waals surface area contributed by atoms with Gasteiger partial charge in [0.05, 0.1) is 11.4 Å². The summed E-state index contributed by atoms with van der Waals surface area (Å²) in [6.07, 6.45) is 0. The average Bonchev–Trinajstić information content (AvgIpc) is 2.37. The quantitative estimate of drug-likeness (QED) is 0.805. The van der Waals surface area contributed by atoms with E-state index in [1.165, 1.54) is 6.07 Å². The standard InChI is InChI=1S/C14H22FN3O/c1-5-18(6-2)14(19)10(4)17-13-7-9(3)11(15)8-12(13)16/h7-8,10,17H,5-6,16H2,1-4H3. The molecule has 1 rings (SSSR count). The van der Waals surface area contributed by atoms with Crippen molar-refractivity contribution in [2.24, 2.45) is 0 Å². The number of hydrogen-bond donors (Lipinski definition) is 2. The molecule has 0 aliphatic rings. The number of carbonyl (C=O) groups excluding carboxylic acids is 1. The molecule has 1 amide bonds. The van der Waals surface area contributed by atoms with Gasteiger partial charge in [-0.05, 0) is 45.4 Å². The Morgan fingerprint density at radius 3 is 2.53 bits per heavy atom. The number of carbonyl (C=O) groups is 1. The predicted octanol–water partition coefficient (Wildman–Crippen LogP) is 2.39. The maximum absolute atomic E-state index is 13.3. The van der Waals surface area contributed by atoms with Gasteiger partial charge < -0.3 is 16.0 Å². The van der Waals surface area contributed by atoms with Gasteiger partial charge in [-0.2, -0.15) is 0 Å². The van der Waals surface area contributed by atoms with Crippen molar-refractivity contribution in [2.45, 2.75) is 33.7 Å². The van der Waals surface area contributed by atoms with E-state index < -0.39 is 6.04 Å². The van der Waals surface area contributed by atoms with Gasteiger partial charge in [-0.15, -0.1) is 0 Å². The number of nitrogen functional groups attached to an aromatic ring is 1. The lowest BCUT2D eigenvalue weighted by Gasteiger charge is -2.24. The first-order valence-corrected chi connectivity index (χ1v) is 6.51. The number of likely N-dealkylation sites (N-methyl/N-ethyl adjacent to an activating group) is 1. The smallest absolute Gasteiger partial charge is 0.244 e. The molecule has 0 aliphatic carbocycles. The number of nitrogens with zero attached hydrogens (tertiary/aromatic N) is 1. The average molecular weight is 267 g/mol. The van der Waals surface area contributed by atoms with Gasteiger partial charge >= 0.3 is 0 Å². The second-order valence-corrected chi connectivity index (χ2v) is 4.57. The molecule has 0 spiro atoms. The summed E-state index contributed by atoms with van der Waals surface area (Å²) in [7, 11) is 0. The third kappa shape index (κ3) is 3.59. The summed E-state index contributed by atoms with van der Waals surface area (Å²) in [5.74, 6) is -0.336. The summed E-state index contributed by atoms with van der Waals surface area (Å²) in [6.45, 7) is 8.64. The molecule has 0 saturated carbocycles. The zero-order valence-electron chi connectivity index (χ0n) is 12.0. The van der Waals surface area contributed by atoms with Gasteiger partial charge in [0.1, 0.15) is 11.9 Å². The molecule has 0 radical (unpaired) electrons. The lowest BCUT2D eigenvalue weighted by molar-refractivity contribution is -0.131. The van der Waals surface area contributed by atoms with Crippen LogP contribution in [0.1, 0.15) is 26.3 Å². The van der Waals surface area contributed by atoms with E-state index >= 15 is 0 Å². The van der Waals surface area contributed by atoms with Gasteiger partial charge in [0, 0.05) is 13.1 Å². The van der Waals surface area contributed by atoms with E-state index in [4.69, 9.17) is 5.73 Å². The third-order valence-electron chi connectivity index (χ3n) is 3.15. The molecule has 1 unspecified atom stereocenters. The van der Waals surface area contributed by atoms with Crippen LogP contribution in [0.4, 0.5) is 15.8 Å². The van der Waals surface area contributed by atoms with Crippen molar-refractivity contribution in [3.8, 4) is 0 Å². The molecule has 1 aromatic carbocycles. The number of nitrogens with one attached hydrogen (secondary N) is 1. The lowest BCUT2D eigenvalue weighted by atomic mass is 10.1. The minimum absolute atomic E-state index is 0.00591. The summed E-state index contributed by atoms with van der Waals surface area (Å²) in [5, 5.41) is 3.04. The van der Waals surface area contributed by atoms with Crippen LogP contribution in [0.2, 0.25) is 0 Å². The number of nitrogens with two attached hydrogens (primary N) is 1. The largest absolute Gasteiger partial charge is 0.397 e. The summed E-state index contributed by atoms with van der Waals surface area (Å²) in [4.78, 5) is 13.9. The molecular formula is C14H22FN3O. The molecule has 5 heteroatoms. The van der Waals surface area contributed by atoms with Crippen LogP contribution in [-0.2, 0) is 4.79 Å². The number of rotatable bonds is 5. The molecule has 1 atom stereocenters. The highest BCUT2D eigenvalue weighted by Crippen LogP contribution is 2.23. The molecule has 106 valence electrons. The number of aryl methyl sites for hydroxylation is 1. The topological polar surface area (TPSA) is 58.4 Å². The highest BCUT2D eigenvalue weighted by molar-refractivity contribution is 5.85. The normalized spacial score (nSPS) is 12.1. The third-order valence-corrected chi connectivity index (χ3v) is 3.15. The number of halogens is 1. The Morgan fingerprint density at radius 2 is 2.00 bits per heavy atom. The highest BCUT2D eigenvalue weighted by atomic mass is 19.1. The van der Waals surface area contributed by atoms with E-state index in [0.29, 0.717) is 30.0 Å². The van der Waals surface area contributed by atoms with E-state index in [9.17, 15) is 9.18 Å². The van der Waals surface area contributed by atoms with Gasteiger partial charge in [-0.25, -0.2) is 4.39 Å². The van der Waals surface area contributed by atoms with E-state index in [-0.39, 0.29) is 11.7 Å². The van der Waals surface area contributed by atoms with Crippen molar-refractivity contribution < 1.29 is 9.18 Å². The van der Waals surface area contributed by atoms with E-state index in [0.717, 1.165) is 0 Å². The Hall–Kier alpha value is -1.78. The molecule has 0 bridgehead atoms. The first-order valence-electron chi connectivity index (χ1n) is 6.51. The summed E-state index contributed by atoms with van der Waals surface area (Å²) in [5.41, 5.74) is 7.15. The first kappa shape index (κ1) is 15.3. The van der Waals surface area contributed by atoms with Gasteiger partial charge in [0.2, 0.25) is 5.91 Å². The molecule has 4 nitrogen and oxygen atoms in total. The van der Waals surface area contributed by atoms with Crippen molar-refractivity contribution in [2.75, 3.05) is 24.1 Å². The van der Waals surface area contributed by atoms with Gasteiger partial charge in [-0.1, -0.05) is 0 Å². The minimum atomic E-state index is -0.396. The molecule has 0 heterocycles. The maximum Gasteiger partial charge on any atom is 0.244 e. The highest BCUT2D eigenvalue weighted by Gasteiger charge is 2.18. The maximum atomic E-state index is 13.3. The fourth-order valence-corrected chi connectivity index (χ4v) is 1.93. The van der Waals surface area contributed by atoms with E-state index in [1.54, 1.807) is 24.8 Å².